The smallest absolute Gasteiger partial charge is 0.265 e. The minimum atomic E-state index is -3.81. The van der Waals surface area contributed by atoms with Crippen LogP contribution in [0.25, 0.3) is 10.8 Å². The Bertz CT molecular complexity index is 1120. The lowest BCUT2D eigenvalue weighted by Crippen LogP contribution is -2.45. The Hall–Kier alpha value is -2.87. The highest BCUT2D eigenvalue weighted by Crippen LogP contribution is 2.43. The van der Waals surface area contributed by atoms with E-state index in [4.69, 9.17) is 4.52 Å². The number of aryl methyl sites for hydroxylation is 1. The summed E-state index contributed by atoms with van der Waals surface area (Å²) in [7, 11) is -3.81. The number of carbonyl (C=O) groups excluding carboxylic acids is 1. The highest BCUT2D eigenvalue weighted by molar-refractivity contribution is 7.93. The summed E-state index contributed by atoms with van der Waals surface area (Å²) in [6, 6.07) is 11.2. The van der Waals surface area contributed by atoms with Crippen molar-refractivity contribution >= 4 is 38.2 Å². The molecule has 0 radical (unpaired) electrons. The molecule has 1 aliphatic rings. The van der Waals surface area contributed by atoms with E-state index >= 15 is 0 Å². The van der Waals surface area contributed by atoms with Crippen LogP contribution in [-0.4, -0.2) is 25.5 Å². The van der Waals surface area contributed by atoms with Crippen LogP contribution in [0, 0.1) is 6.92 Å². The lowest BCUT2D eigenvalue weighted by atomic mass is 10.1. The normalized spacial score (nSPS) is 16.0. The van der Waals surface area contributed by atoms with Gasteiger partial charge in [0.1, 0.15) is 11.8 Å². The van der Waals surface area contributed by atoms with E-state index in [1.54, 1.807) is 44.2 Å². The number of nitrogens with zero attached hydrogens (tertiary/aromatic N) is 2. The first-order valence-electron chi connectivity index (χ1n) is 8.24. The predicted octanol–water partition coefficient (Wildman–Crippen LogP) is 3.06. The Morgan fingerprint density at radius 1 is 1.27 bits per heavy atom. The third kappa shape index (κ3) is 2.37. The third-order valence-corrected chi connectivity index (χ3v) is 6.34. The van der Waals surface area contributed by atoms with Crippen LogP contribution in [0.4, 0.5) is 11.5 Å². The van der Waals surface area contributed by atoms with Crippen molar-refractivity contribution in [3.05, 3.63) is 48.2 Å². The molecule has 1 unspecified atom stereocenters. The van der Waals surface area contributed by atoms with E-state index in [1.165, 1.54) is 4.31 Å². The van der Waals surface area contributed by atoms with Gasteiger partial charge in [0.15, 0.2) is 5.82 Å². The van der Waals surface area contributed by atoms with E-state index in [0.29, 0.717) is 23.3 Å². The third-order valence-electron chi connectivity index (χ3n) is 4.47. The molecule has 1 aliphatic heterocycles. The van der Waals surface area contributed by atoms with Crippen molar-refractivity contribution in [2.24, 2.45) is 0 Å². The maximum atomic E-state index is 13.1. The number of hydrogen-bond acceptors (Lipinski definition) is 5. The number of rotatable bonds is 4. The molecule has 8 heteroatoms. The van der Waals surface area contributed by atoms with Gasteiger partial charge in [-0.05, 0) is 30.9 Å². The maximum absolute atomic E-state index is 13.1. The molecule has 0 fully saturated rings. The molecule has 7 nitrogen and oxygen atoms in total. The van der Waals surface area contributed by atoms with Crippen LogP contribution in [-0.2, 0) is 14.8 Å². The molecule has 1 atom stereocenters. The quantitative estimate of drug-likeness (QED) is 0.761. The Morgan fingerprint density at radius 2 is 2.00 bits per heavy atom. The van der Waals surface area contributed by atoms with Crippen LogP contribution < -0.4 is 9.62 Å². The standard InChI is InChI=1S/C18H17N3O4S/c1-3-13(18(22)19-16-10-11(2)25-20-16)21-14-8-4-6-12-7-5-9-15(17(12)14)26(21,23)24/h4-10,13H,3H2,1-2H3,(H,19,20,22). The van der Waals surface area contributed by atoms with Gasteiger partial charge in [0, 0.05) is 11.5 Å². The largest absolute Gasteiger partial charge is 0.360 e. The van der Waals surface area contributed by atoms with Gasteiger partial charge in [-0.1, -0.05) is 36.3 Å². The van der Waals surface area contributed by atoms with E-state index in [-0.39, 0.29) is 10.7 Å². The van der Waals surface area contributed by atoms with Crippen LogP contribution in [0.3, 0.4) is 0 Å². The van der Waals surface area contributed by atoms with Crippen molar-refractivity contribution in [1.29, 1.82) is 0 Å². The molecule has 1 N–H and O–H groups in total. The zero-order valence-corrected chi connectivity index (χ0v) is 15.1. The summed E-state index contributed by atoms with van der Waals surface area (Å²) in [6.45, 7) is 3.49. The fraction of sp³-hybridized carbons (Fsp3) is 0.222. The Balaban J connectivity index is 1.79. The average Bonchev–Trinajstić information content (AvgIpc) is 3.11. The highest BCUT2D eigenvalue weighted by Gasteiger charge is 2.42. The van der Waals surface area contributed by atoms with E-state index < -0.39 is 22.0 Å². The Morgan fingerprint density at radius 3 is 2.65 bits per heavy atom. The second-order valence-electron chi connectivity index (χ2n) is 6.17. The van der Waals surface area contributed by atoms with Crippen LogP contribution in [0.15, 0.2) is 51.9 Å². The van der Waals surface area contributed by atoms with Crippen LogP contribution in [0.1, 0.15) is 19.1 Å². The first kappa shape index (κ1) is 16.6. The number of benzene rings is 2. The van der Waals surface area contributed by atoms with Gasteiger partial charge in [0.25, 0.3) is 10.0 Å². The average molecular weight is 371 g/mol. The first-order valence-corrected chi connectivity index (χ1v) is 9.68. The van der Waals surface area contributed by atoms with Gasteiger partial charge in [-0.15, -0.1) is 0 Å². The predicted molar refractivity (Wildman–Crippen MR) is 97.6 cm³/mol. The van der Waals surface area contributed by atoms with Crippen LogP contribution in [0.5, 0.6) is 0 Å². The molecule has 1 amide bonds. The maximum Gasteiger partial charge on any atom is 0.265 e. The number of amides is 1. The Labute approximate surface area is 150 Å². The minimum Gasteiger partial charge on any atom is -0.360 e. The first-order chi connectivity index (χ1) is 12.4. The SMILES string of the molecule is CCC(C(=O)Nc1cc(C)on1)N1c2cccc3cccc(c23)S1(=O)=O. The molecule has 0 saturated heterocycles. The topological polar surface area (TPSA) is 92.5 Å². The second kappa shape index (κ2) is 5.84. The van der Waals surface area contributed by atoms with Crippen LogP contribution >= 0.6 is 0 Å². The zero-order valence-electron chi connectivity index (χ0n) is 14.3. The molecule has 4 rings (SSSR count). The number of hydrogen-bond donors (Lipinski definition) is 1. The molecule has 134 valence electrons. The lowest BCUT2D eigenvalue weighted by molar-refractivity contribution is -0.117. The summed E-state index contributed by atoms with van der Waals surface area (Å²) in [5.41, 5.74) is 0.524. The summed E-state index contributed by atoms with van der Waals surface area (Å²) >= 11 is 0. The summed E-state index contributed by atoms with van der Waals surface area (Å²) in [6.07, 6.45) is 0.312. The molecular weight excluding hydrogens is 354 g/mol. The highest BCUT2D eigenvalue weighted by atomic mass is 32.2. The van der Waals surface area contributed by atoms with E-state index in [2.05, 4.69) is 10.5 Å². The van der Waals surface area contributed by atoms with Crippen molar-refractivity contribution in [3.63, 3.8) is 0 Å². The molecule has 0 spiro atoms. The fourth-order valence-electron chi connectivity index (χ4n) is 3.35. The minimum absolute atomic E-state index is 0.231. The number of nitrogens with one attached hydrogen (secondary N) is 1. The molecule has 26 heavy (non-hydrogen) atoms. The van der Waals surface area contributed by atoms with Crippen molar-refractivity contribution in [3.8, 4) is 0 Å². The van der Waals surface area contributed by atoms with Crippen molar-refractivity contribution in [2.75, 3.05) is 9.62 Å². The van der Waals surface area contributed by atoms with Gasteiger partial charge in [-0.2, -0.15) is 0 Å². The molecule has 0 saturated carbocycles. The van der Waals surface area contributed by atoms with Gasteiger partial charge in [0.2, 0.25) is 5.91 Å². The van der Waals surface area contributed by atoms with Crippen molar-refractivity contribution in [1.82, 2.24) is 5.16 Å². The van der Waals surface area contributed by atoms with Crippen LogP contribution in [0.2, 0.25) is 0 Å². The number of carbonyl (C=O) groups is 1. The number of anilines is 2. The molecule has 3 aromatic rings. The van der Waals surface area contributed by atoms with Gasteiger partial charge < -0.3 is 9.84 Å². The van der Waals surface area contributed by atoms with Gasteiger partial charge in [-0.3, -0.25) is 9.10 Å². The summed E-state index contributed by atoms with van der Waals surface area (Å²) in [5, 5.41) is 7.85. The fourth-order valence-corrected chi connectivity index (χ4v) is 5.28. The van der Waals surface area contributed by atoms with Crippen molar-refractivity contribution in [2.45, 2.75) is 31.2 Å². The van der Waals surface area contributed by atoms with Gasteiger partial charge in [-0.25, -0.2) is 8.42 Å². The van der Waals surface area contributed by atoms with Gasteiger partial charge >= 0.3 is 0 Å². The number of sulfonamides is 1. The van der Waals surface area contributed by atoms with E-state index in [9.17, 15) is 13.2 Å². The summed E-state index contributed by atoms with van der Waals surface area (Å²) in [4.78, 5) is 13.0. The summed E-state index contributed by atoms with van der Waals surface area (Å²) < 4.78 is 32.4. The molecule has 2 aromatic carbocycles. The monoisotopic (exact) mass is 371 g/mol. The molecule has 0 aliphatic carbocycles. The second-order valence-corrected chi connectivity index (χ2v) is 7.95. The van der Waals surface area contributed by atoms with Gasteiger partial charge in [0.05, 0.1) is 10.6 Å². The van der Waals surface area contributed by atoms with Crippen molar-refractivity contribution < 1.29 is 17.7 Å². The Kier molecular flexibility index (Phi) is 3.73. The van der Waals surface area contributed by atoms with E-state index in [1.807, 2.05) is 12.1 Å². The number of aromatic nitrogens is 1. The molecule has 1 aromatic heterocycles. The lowest BCUT2D eigenvalue weighted by Gasteiger charge is -2.27. The zero-order chi connectivity index (χ0) is 18.5. The molecular formula is C18H17N3O4S. The molecule has 2 heterocycles. The molecule has 0 bridgehead atoms. The van der Waals surface area contributed by atoms with E-state index in [0.717, 1.165) is 5.39 Å². The summed E-state index contributed by atoms with van der Waals surface area (Å²) in [5.74, 6) is 0.367.